The summed E-state index contributed by atoms with van der Waals surface area (Å²) in [4.78, 5) is 15.8. The maximum absolute atomic E-state index is 9.73. The monoisotopic (exact) mass is 466 g/mol. The predicted molar refractivity (Wildman–Crippen MR) is 81.9 cm³/mol. The Bertz CT molecular complexity index is 540. The Morgan fingerprint density at radius 2 is 1.30 bits per heavy atom. The van der Waals surface area contributed by atoms with Crippen molar-refractivity contribution in [2.75, 3.05) is 13.2 Å². The number of nitrogens with zero attached hydrogens (tertiary/aromatic N) is 4. The van der Waals surface area contributed by atoms with Crippen molar-refractivity contribution in [1.82, 2.24) is 19.9 Å². The summed E-state index contributed by atoms with van der Waals surface area (Å²) >= 11 is 9.47. The highest BCUT2D eigenvalue weighted by atomic mass is 79.9. The molecule has 2 aromatic heterocycles. The van der Waals surface area contributed by atoms with Crippen molar-refractivity contribution in [3.8, 4) is 0 Å². The first kappa shape index (κ1) is 15.9. The maximum Gasteiger partial charge on any atom is 0.154 e. The summed E-state index contributed by atoms with van der Waals surface area (Å²) in [6, 6.07) is 0. The fourth-order valence-corrected chi connectivity index (χ4v) is 1.91. The zero-order chi connectivity index (χ0) is 14.6. The van der Waals surface area contributed by atoms with E-state index in [2.05, 4.69) is 67.7 Å². The fraction of sp³-hybridized carbons (Fsp3) is 0.273. The highest BCUT2D eigenvalue weighted by Crippen LogP contribution is 2.27. The minimum absolute atomic E-state index is 0.309. The van der Waals surface area contributed by atoms with Crippen LogP contribution in [0.3, 0.4) is 0 Å². The van der Waals surface area contributed by atoms with Crippen molar-refractivity contribution in [3.63, 3.8) is 0 Å². The average molecular weight is 469 g/mol. The lowest BCUT2D eigenvalue weighted by molar-refractivity contribution is -0.187. The molecule has 9 heteroatoms. The van der Waals surface area contributed by atoms with Gasteiger partial charge in [0.15, 0.2) is 5.60 Å². The van der Waals surface area contributed by atoms with Crippen LogP contribution in [0.5, 0.6) is 0 Å². The molecule has 0 amide bonds. The number of ether oxygens (including phenoxy) is 1. The minimum Gasteiger partial charge on any atom is -0.379 e. The van der Waals surface area contributed by atoms with E-state index in [0.717, 1.165) is 9.21 Å². The highest BCUT2D eigenvalue weighted by molar-refractivity contribution is 9.11. The average Bonchev–Trinajstić information content (AvgIpc) is 2.41. The SMILES string of the molecule is Brc1cnc(Br)cn1.OC1(c2cnc(Br)cn2)COC1. The van der Waals surface area contributed by atoms with Crippen LogP contribution in [0, 0.1) is 0 Å². The van der Waals surface area contributed by atoms with E-state index in [4.69, 9.17) is 4.74 Å². The van der Waals surface area contributed by atoms with Crippen molar-refractivity contribution in [3.05, 3.63) is 44.3 Å². The lowest BCUT2D eigenvalue weighted by Crippen LogP contribution is -2.47. The van der Waals surface area contributed by atoms with E-state index in [0.29, 0.717) is 23.5 Å². The topological polar surface area (TPSA) is 81.0 Å². The molecular formula is C11H9Br3N4O2. The molecule has 0 unspecified atom stereocenters. The first-order valence-electron chi connectivity index (χ1n) is 5.41. The van der Waals surface area contributed by atoms with E-state index in [9.17, 15) is 5.11 Å². The second-order valence-corrected chi connectivity index (χ2v) is 6.35. The van der Waals surface area contributed by atoms with Crippen LogP contribution in [0.4, 0.5) is 0 Å². The van der Waals surface area contributed by atoms with E-state index in [1.807, 2.05) is 0 Å². The molecule has 3 heterocycles. The standard InChI is InChI=1S/C7H7BrN2O2.C4H2Br2N2/c8-6-2-9-5(1-10-6)7(11)3-12-4-7;5-3-1-7-4(6)2-8-3/h1-2,11H,3-4H2;1-2H. The van der Waals surface area contributed by atoms with Crippen LogP contribution in [-0.4, -0.2) is 38.3 Å². The van der Waals surface area contributed by atoms with Crippen molar-refractivity contribution >= 4 is 47.8 Å². The summed E-state index contributed by atoms with van der Waals surface area (Å²) in [6.07, 6.45) is 6.37. The quantitative estimate of drug-likeness (QED) is 0.692. The van der Waals surface area contributed by atoms with Crippen molar-refractivity contribution < 1.29 is 9.84 Å². The Morgan fingerprint density at radius 3 is 1.60 bits per heavy atom. The van der Waals surface area contributed by atoms with E-state index < -0.39 is 5.60 Å². The van der Waals surface area contributed by atoms with Gasteiger partial charge < -0.3 is 9.84 Å². The minimum atomic E-state index is -0.909. The molecule has 0 aliphatic carbocycles. The van der Waals surface area contributed by atoms with Gasteiger partial charge in [-0.2, -0.15) is 0 Å². The van der Waals surface area contributed by atoms with Crippen molar-refractivity contribution in [2.24, 2.45) is 0 Å². The van der Waals surface area contributed by atoms with Gasteiger partial charge in [0.05, 0.1) is 43.7 Å². The van der Waals surface area contributed by atoms with Gasteiger partial charge in [0.25, 0.3) is 0 Å². The van der Waals surface area contributed by atoms with Gasteiger partial charge in [-0.25, -0.2) is 15.0 Å². The fourth-order valence-electron chi connectivity index (χ4n) is 1.29. The van der Waals surface area contributed by atoms with Gasteiger partial charge >= 0.3 is 0 Å². The molecule has 20 heavy (non-hydrogen) atoms. The predicted octanol–water partition coefficient (Wildman–Crippen LogP) is 2.46. The Balaban J connectivity index is 0.000000160. The lowest BCUT2D eigenvalue weighted by Gasteiger charge is -2.35. The normalized spacial score (nSPS) is 15.8. The summed E-state index contributed by atoms with van der Waals surface area (Å²) in [5.74, 6) is 0. The molecule has 0 spiro atoms. The van der Waals surface area contributed by atoms with Crippen molar-refractivity contribution in [2.45, 2.75) is 5.60 Å². The number of aromatic nitrogens is 4. The molecule has 0 atom stereocenters. The highest BCUT2D eigenvalue weighted by Gasteiger charge is 2.39. The first-order chi connectivity index (χ1) is 9.49. The summed E-state index contributed by atoms with van der Waals surface area (Å²) in [5, 5.41) is 9.73. The van der Waals surface area contributed by atoms with Crippen molar-refractivity contribution in [1.29, 1.82) is 0 Å². The van der Waals surface area contributed by atoms with Gasteiger partial charge in [0.1, 0.15) is 13.8 Å². The number of rotatable bonds is 1. The number of hydrogen-bond donors (Lipinski definition) is 1. The second-order valence-electron chi connectivity index (χ2n) is 3.91. The summed E-state index contributed by atoms with van der Waals surface area (Å²) in [7, 11) is 0. The van der Waals surface area contributed by atoms with Gasteiger partial charge in [0.2, 0.25) is 0 Å². The van der Waals surface area contributed by atoms with Crippen LogP contribution < -0.4 is 0 Å². The zero-order valence-corrected chi connectivity index (χ0v) is 14.8. The van der Waals surface area contributed by atoms with Crippen LogP contribution in [-0.2, 0) is 10.3 Å². The lowest BCUT2D eigenvalue weighted by atomic mass is 9.99. The van der Waals surface area contributed by atoms with Crippen LogP contribution in [0.2, 0.25) is 0 Å². The summed E-state index contributed by atoms with van der Waals surface area (Å²) in [5.41, 5.74) is -0.342. The van der Waals surface area contributed by atoms with Gasteiger partial charge in [0, 0.05) is 0 Å². The summed E-state index contributed by atoms with van der Waals surface area (Å²) < 4.78 is 7.06. The van der Waals surface area contributed by atoms with Crippen LogP contribution in [0.25, 0.3) is 0 Å². The molecule has 0 bridgehead atoms. The smallest absolute Gasteiger partial charge is 0.154 e. The Labute approximate surface area is 140 Å². The number of halogens is 3. The molecule has 1 aliphatic heterocycles. The molecule has 0 saturated carbocycles. The summed E-state index contributed by atoms with van der Waals surface area (Å²) in [6.45, 7) is 0.618. The van der Waals surface area contributed by atoms with Gasteiger partial charge in [-0.3, -0.25) is 4.98 Å². The van der Waals surface area contributed by atoms with E-state index >= 15 is 0 Å². The van der Waals surface area contributed by atoms with Gasteiger partial charge in [-0.1, -0.05) is 0 Å². The third-order valence-electron chi connectivity index (χ3n) is 2.37. The van der Waals surface area contributed by atoms with Crippen LogP contribution >= 0.6 is 47.8 Å². The van der Waals surface area contributed by atoms with E-state index in [1.54, 1.807) is 24.8 Å². The molecule has 106 valence electrons. The van der Waals surface area contributed by atoms with E-state index in [1.165, 1.54) is 0 Å². The molecule has 6 nitrogen and oxygen atoms in total. The van der Waals surface area contributed by atoms with Crippen LogP contribution in [0.15, 0.2) is 38.6 Å². The Hall–Kier alpha value is -0.480. The Morgan fingerprint density at radius 1 is 0.850 bits per heavy atom. The first-order valence-corrected chi connectivity index (χ1v) is 7.79. The largest absolute Gasteiger partial charge is 0.379 e. The second kappa shape index (κ2) is 6.99. The Kier molecular flexibility index (Phi) is 5.56. The molecule has 0 radical (unpaired) electrons. The molecule has 0 aromatic carbocycles. The molecular weight excluding hydrogens is 460 g/mol. The molecule has 3 rings (SSSR count). The molecule has 1 N–H and O–H groups in total. The molecule has 1 aliphatic rings. The molecule has 1 fully saturated rings. The molecule has 1 saturated heterocycles. The maximum atomic E-state index is 9.73. The third-order valence-corrected chi connectivity index (χ3v) is 3.60. The van der Waals surface area contributed by atoms with Gasteiger partial charge in [-0.05, 0) is 47.8 Å². The van der Waals surface area contributed by atoms with E-state index in [-0.39, 0.29) is 0 Å². The van der Waals surface area contributed by atoms with Gasteiger partial charge in [-0.15, -0.1) is 0 Å². The van der Waals surface area contributed by atoms with Crippen LogP contribution in [0.1, 0.15) is 5.69 Å². The third kappa shape index (κ3) is 4.26. The number of hydrogen-bond acceptors (Lipinski definition) is 6. The zero-order valence-electron chi connectivity index (χ0n) is 10.0. The molecule has 2 aromatic rings. The number of aliphatic hydroxyl groups is 1.